The number of hydrogen-bond acceptors (Lipinski definition) is 1. The van der Waals surface area contributed by atoms with Gasteiger partial charge in [-0.2, -0.15) is 0 Å². The average Bonchev–Trinajstić information content (AvgIpc) is 1.41. The van der Waals surface area contributed by atoms with Crippen molar-refractivity contribution in [3.8, 4) is 0 Å². The maximum Gasteiger partial charge on any atom is 0.0753 e. The Labute approximate surface area is 35.6 Å². The standard InChI is InChI=1S/C3H9NSi/c1-2-3-4-5/h2,4H,1,3H2,5H3. The molecular weight excluding hydrogens is 78.1 g/mol. The van der Waals surface area contributed by atoms with Crippen molar-refractivity contribution in [1.29, 1.82) is 0 Å². The van der Waals surface area contributed by atoms with Crippen LogP contribution in [0.2, 0.25) is 0 Å². The molecule has 0 saturated heterocycles. The zero-order chi connectivity index (χ0) is 4.12. The van der Waals surface area contributed by atoms with Crippen LogP contribution in [0.4, 0.5) is 0 Å². The van der Waals surface area contributed by atoms with Crippen molar-refractivity contribution in [2.75, 3.05) is 6.54 Å². The monoisotopic (exact) mass is 87.1 g/mol. The van der Waals surface area contributed by atoms with E-state index in [4.69, 9.17) is 0 Å². The van der Waals surface area contributed by atoms with E-state index < -0.39 is 0 Å². The van der Waals surface area contributed by atoms with Crippen molar-refractivity contribution in [3.63, 3.8) is 0 Å². The molecule has 0 fully saturated rings. The Hall–Kier alpha value is -0.0831. The largest absolute Gasteiger partial charge is 0.342 e. The number of rotatable bonds is 2. The SMILES string of the molecule is C=CCN[SiH3]. The summed E-state index contributed by atoms with van der Waals surface area (Å²) in [6.07, 6.45) is 1.85. The van der Waals surface area contributed by atoms with Gasteiger partial charge < -0.3 is 4.98 Å². The van der Waals surface area contributed by atoms with Crippen molar-refractivity contribution in [2.45, 2.75) is 0 Å². The summed E-state index contributed by atoms with van der Waals surface area (Å²) in [6, 6.07) is 0. The van der Waals surface area contributed by atoms with E-state index in [2.05, 4.69) is 11.6 Å². The van der Waals surface area contributed by atoms with Crippen LogP contribution in [0.15, 0.2) is 12.7 Å². The van der Waals surface area contributed by atoms with Crippen LogP contribution in [0.1, 0.15) is 0 Å². The van der Waals surface area contributed by atoms with E-state index in [1.807, 2.05) is 6.08 Å². The summed E-state index contributed by atoms with van der Waals surface area (Å²) in [7, 11) is 1.08. The topological polar surface area (TPSA) is 12.0 Å². The maximum absolute atomic E-state index is 3.51. The molecule has 0 aromatic carbocycles. The van der Waals surface area contributed by atoms with Gasteiger partial charge >= 0.3 is 0 Å². The second kappa shape index (κ2) is 3.92. The first-order chi connectivity index (χ1) is 2.41. The summed E-state index contributed by atoms with van der Waals surface area (Å²) >= 11 is 0. The van der Waals surface area contributed by atoms with Gasteiger partial charge in [-0.15, -0.1) is 6.58 Å². The van der Waals surface area contributed by atoms with Crippen molar-refractivity contribution in [3.05, 3.63) is 12.7 Å². The summed E-state index contributed by atoms with van der Waals surface area (Å²) in [5.74, 6) is 0. The Morgan fingerprint density at radius 3 is 2.60 bits per heavy atom. The highest BCUT2D eigenvalue weighted by Crippen LogP contribution is 1.47. The molecule has 0 rings (SSSR count). The van der Waals surface area contributed by atoms with Crippen molar-refractivity contribution in [1.82, 2.24) is 4.98 Å². The van der Waals surface area contributed by atoms with Gasteiger partial charge in [0.1, 0.15) is 0 Å². The lowest BCUT2D eigenvalue weighted by Crippen LogP contribution is -2.05. The van der Waals surface area contributed by atoms with Crippen LogP contribution in [0.3, 0.4) is 0 Å². The lowest BCUT2D eigenvalue weighted by molar-refractivity contribution is 1.11. The third-order valence-electron chi connectivity index (χ3n) is 0.348. The summed E-state index contributed by atoms with van der Waals surface area (Å²) in [5, 5.41) is 0. The third kappa shape index (κ3) is 3.92. The molecule has 0 aliphatic rings. The lowest BCUT2D eigenvalue weighted by Gasteiger charge is -1.79. The highest BCUT2D eigenvalue weighted by atomic mass is 28.2. The van der Waals surface area contributed by atoms with Crippen LogP contribution in [-0.4, -0.2) is 16.9 Å². The Morgan fingerprint density at radius 2 is 2.60 bits per heavy atom. The quantitative estimate of drug-likeness (QED) is 0.338. The van der Waals surface area contributed by atoms with E-state index in [1.165, 1.54) is 0 Å². The molecule has 0 aromatic heterocycles. The zero-order valence-electron chi connectivity index (χ0n) is 3.49. The Bertz CT molecular complexity index is 28.1. The summed E-state index contributed by atoms with van der Waals surface area (Å²) in [4.78, 5) is 3.04. The lowest BCUT2D eigenvalue weighted by atomic mass is 10.7. The minimum atomic E-state index is 0.965. The van der Waals surface area contributed by atoms with Gasteiger partial charge in [0.2, 0.25) is 0 Å². The first kappa shape index (κ1) is 4.92. The van der Waals surface area contributed by atoms with Crippen molar-refractivity contribution in [2.24, 2.45) is 0 Å². The first-order valence-corrected chi connectivity index (χ1v) is 2.67. The normalized spacial score (nSPS) is 8.00. The molecule has 0 radical (unpaired) electrons. The van der Waals surface area contributed by atoms with Gasteiger partial charge in [0.25, 0.3) is 0 Å². The summed E-state index contributed by atoms with van der Waals surface area (Å²) in [6.45, 7) is 4.47. The van der Waals surface area contributed by atoms with Crippen LogP contribution in [-0.2, 0) is 0 Å². The van der Waals surface area contributed by atoms with E-state index in [0.717, 1.165) is 16.9 Å². The van der Waals surface area contributed by atoms with Gasteiger partial charge in [0, 0.05) is 6.54 Å². The molecule has 0 heterocycles. The second-order valence-corrected chi connectivity index (χ2v) is 1.55. The van der Waals surface area contributed by atoms with E-state index >= 15 is 0 Å². The highest BCUT2D eigenvalue weighted by Gasteiger charge is 1.56. The van der Waals surface area contributed by atoms with Crippen molar-refractivity contribution >= 4 is 10.4 Å². The van der Waals surface area contributed by atoms with Gasteiger partial charge in [0.15, 0.2) is 0 Å². The van der Waals surface area contributed by atoms with Crippen LogP contribution in [0, 0.1) is 0 Å². The molecule has 5 heavy (non-hydrogen) atoms. The van der Waals surface area contributed by atoms with Gasteiger partial charge in [0.05, 0.1) is 10.4 Å². The predicted molar refractivity (Wildman–Crippen MR) is 28.1 cm³/mol. The van der Waals surface area contributed by atoms with E-state index in [0.29, 0.717) is 0 Å². The molecule has 0 atom stereocenters. The molecule has 0 aromatic rings. The smallest absolute Gasteiger partial charge is 0.0753 e. The molecule has 0 aliphatic carbocycles. The van der Waals surface area contributed by atoms with Crippen LogP contribution < -0.4 is 4.98 Å². The minimum Gasteiger partial charge on any atom is -0.342 e. The Kier molecular flexibility index (Phi) is 3.85. The third-order valence-corrected chi connectivity index (χ3v) is 0.757. The average molecular weight is 87.2 g/mol. The fraction of sp³-hybridized carbons (Fsp3) is 0.333. The maximum atomic E-state index is 3.51. The van der Waals surface area contributed by atoms with Gasteiger partial charge in [-0.3, -0.25) is 0 Å². The zero-order valence-corrected chi connectivity index (χ0v) is 5.49. The molecule has 1 N–H and O–H groups in total. The van der Waals surface area contributed by atoms with Crippen LogP contribution in [0.5, 0.6) is 0 Å². The van der Waals surface area contributed by atoms with Gasteiger partial charge in [-0.05, 0) is 0 Å². The Morgan fingerprint density at radius 1 is 2.00 bits per heavy atom. The van der Waals surface area contributed by atoms with E-state index in [-0.39, 0.29) is 0 Å². The summed E-state index contributed by atoms with van der Waals surface area (Å²) in [5.41, 5.74) is 0. The minimum absolute atomic E-state index is 0.965. The molecule has 0 bridgehead atoms. The Balaban J connectivity index is 2.40. The first-order valence-electron chi connectivity index (χ1n) is 1.67. The van der Waals surface area contributed by atoms with E-state index in [9.17, 15) is 0 Å². The fourth-order valence-corrected chi connectivity index (χ4v) is 0.433. The molecule has 1 nitrogen and oxygen atoms in total. The molecule has 0 spiro atoms. The molecule has 0 aliphatic heterocycles. The molecule has 0 unspecified atom stereocenters. The van der Waals surface area contributed by atoms with Crippen LogP contribution >= 0.6 is 0 Å². The second-order valence-electron chi connectivity index (χ2n) is 0.846. The predicted octanol–water partition coefficient (Wildman–Crippen LogP) is -0.958. The number of hydrogen-bond donors (Lipinski definition) is 1. The summed E-state index contributed by atoms with van der Waals surface area (Å²) < 4.78 is 0. The highest BCUT2D eigenvalue weighted by molar-refractivity contribution is 6.04. The molecular formula is C3H9NSi. The molecule has 0 saturated carbocycles. The molecule has 30 valence electrons. The molecule has 0 amide bonds. The van der Waals surface area contributed by atoms with Crippen LogP contribution in [0.25, 0.3) is 0 Å². The molecule has 2 heteroatoms. The van der Waals surface area contributed by atoms with Gasteiger partial charge in [-0.25, -0.2) is 0 Å². The number of nitrogens with one attached hydrogen (secondary N) is 1. The fourth-order valence-electron chi connectivity index (χ4n) is 0.144. The van der Waals surface area contributed by atoms with Crippen molar-refractivity contribution < 1.29 is 0 Å². The van der Waals surface area contributed by atoms with E-state index in [1.54, 1.807) is 0 Å². The van der Waals surface area contributed by atoms with Gasteiger partial charge in [-0.1, -0.05) is 6.08 Å².